The van der Waals surface area contributed by atoms with Crippen LogP contribution >= 0.6 is 12.4 Å². The van der Waals surface area contributed by atoms with E-state index in [-0.39, 0.29) is 18.2 Å². The number of benzene rings is 1. The summed E-state index contributed by atoms with van der Waals surface area (Å²) in [5.41, 5.74) is 6.66. The van der Waals surface area contributed by atoms with Gasteiger partial charge in [-0.05, 0) is 43.5 Å². The minimum absolute atomic E-state index is 0. The Hall–Kier alpha value is -0.980. The molecule has 1 fully saturated rings. The molecule has 7 heteroatoms. The standard InChI is InChI=1S/C14H19F3N2O.ClH/c1-10-6-12(7-18)9-19(10)8-11-2-4-13(5-3-11)20-14(15,16)17;/h2-5,10,12H,6-9,18H2,1H3;1H. The van der Waals surface area contributed by atoms with E-state index in [4.69, 9.17) is 5.73 Å². The first-order valence-electron chi connectivity index (χ1n) is 6.66. The normalized spacial score (nSPS) is 22.9. The summed E-state index contributed by atoms with van der Waals surface area (Å²) in [4.78, 5) is 2.30. The molecule has 3 nitrogen and oxygen atoms in total. The van der Waals surface area contributed by atoms with Gasteiger partial charge in [-0.3, -0.25) is 4.90 Å². The molecule has 21 heavy (non-hydrogen) atoms. The maximum absolute atomic E-state index is 12.1. The Balaban J connectivity index is 0.00000220. The van der Waals surface area contributed by atoms with Gasteiger partial charge in [0.15, 0.2) is 0 Å². The van der Waals surface area contributed by atoms with Crippen LogP contribution in [0.1, 0.15) is 18.9 Å². The first-order chi connectivity index (χ1) is 9.37. The maximum Gasteiger partial charge on any atom is 0.573 e. The molecule has 1 aliphatic heterocycles. The summed E-state index contributed by atoms with van der Waals surface area (Å²) in [6.45, 7) is 4.50. The summed E-state index contributed by atoms with van der Waals surface area (Å²) in [6, 6.07) is 6.50. The van der Waals surface area contributed by atoms with Crippen LogP contribution in [0.5, 0.6) is 5.75 Å². The van der Waals surface area contributed by atoms with E-state index in [1.54, 1.807) is 12.1 Å². The molecule has 2 atom stereocenters. The molecule has 1 aromatic rings. The Morgan fingerprint density at radius 1 is 1.29 bits per heavy atom. The van der Waals surface area contributed by atoms with Crippen LogP contribution in [0.3, 0.4) is 0 Å². The van der Waals surface area contributed by atoms with Crippen LogP contribution in [0.25, 0.3) is 0 Å². The molecule has 0 spiro atoms. The van der Waals surface area contributed by atoms with Gasteiger partial charge in [0, 0.05) is 19.1 Å². The number of likely N-dealkylation sites (tertiary alicyclic amines) is 1. The van der Waals surface area contributed by atoms with Crippen molar-refractivity contribution in [3.05, 3.63) is 29.8 Å². The van der Waals surface area contributed by atoms with Crippen LogP contribution < -0.4 is 10.5 Å². The number of rotatable bonds is 4. The average Bonchev–Trinajstić information content (AvgIpc) is 2.71. The van der Waals surface area contributed by atoms with Crippen molar-refractivity contribution < 1.29 is 17.9 Å². The Morgan fingerprint density at radius 3 is 2.38 bits per heavy atom. The molecule has 2 unspecified atom stereocenters. The molecule has 120 valence electrons. The highest BCUT2D eigenvalue weighted by Crippen LogP contribution is 2.26. The molecule has 2 N–H and O–H groups in total. The van der Waals surface area contributed by atoms with E-state index < -0.39 is 6.36 Å². The Bertz CT molecular complexity index is 439. The highest BCUT2D eigenvalue weighted by Gasteiger charge is 2.31. The highest BCUT2D eigenvalue weighted by molar-refractivity contribution is 5.85. The Labute approximate surface area is 128 Å². The lowest BCUT2D eigenvalue weighted by molar-refractivity contribution is -0.274. The second-order valence-corrected chi connectivity index (χ2v) is 5.31. The predicted octanol–water partition coefficient (Wildman–Crippen LogP) is 3.18. The molecule has 1 saturated heterocycles. The summed E-state index contributed by atoms with van der Waals surface area (Å²) in [6.07, 6.45) is -3.56. The minimum atomic E-state index is -4.64. The van der Waals surface area contributed by atoms with Crippen molar-refractivity contribution in [1.82, 2.24) is 4.90 Å². The third-order valence-corrected chi connectivity index (χ3v) is 3.67. The average molecular weight is 325 g/mol. The molecular weight excluding hydrogens is 305 g/mol. The first-order valence-corrected chi connectivity index (χ1v) is 6.66. The summed E-state index contributed by atoms with van der Waals surface area (Å²) in [7, 11) is 0. The van der Waals surface area contributed by atoms with Crippen LogP contribution in [-0.2, 0) is 6.54 Å². The zero-order valence-electron chi connectivity index (χ0n) is 11.8. The molecule has 0 saturated carbocycles. The Morgan fingerprint density at radius 2 is 1.90 bits per heavy atom. The van der Waals surface area contributed by atoms with E-state index in [0.29, 0.717) is 18.5 Å². The van der Waals surface area contributed by atoms with Gasteiger partial charge in [0.1, 0.15) is 5.75 Å². The van der Waals surface area contributed by atoms with Crippen molar-refractivity contribution >= 4 is 12.4 Å². The lowest BCUT2D eigenvalue weighted by Crippen LogP contribution is -2.27. The van der Waals surface area contributed by atoms with Gasteiger partial charge in [-0.15, -0.1) is 25.6 Å². The highest BCUT2D eigenvalue weighted by atomic mass is 35.5. The van der Waals surface area contributed by atoms with E-state index in [9.17, 15) is 13.2 Å². The lowest BCUT2D eigenvalue weighted by atomic mass is 10.1. The van der Waals surface area contributed by atoms with Gasteiger partial charge < -0.3 is 10.5 Å². The number of hydrogen-bond donors (Lipinski definition) is 1. The smallest absolute Gasteiger partial charge is 0.406 e. The largest absolute Gasteiger partial charge is 0.573 e. The van der Waals surface area contributed by atoms with E-state index >= 15 is 0 Å². The van der Waals surface area contributed by atoms with E-state index in [1.807, 2.05) is 0 Å². The molecule has 0 amide bonds. The van der Waals surface area contributed by atoms with Gasteiger partial charge in [-0.25, -0.2) is 0 Å². The van der Waals surface area contributed by atoms with Crippen LogP contribution in [0.2, 0.25) is 0 Å². The van der Waals surface area contributed by atoms with Crippen LogP contribution in [0, 0.1) is 5.92 Å². The van der Waals surface area contributed by atoms with E-state index in [0.717, 1.165) is 25.1 Å². The summed E-state index contributed by atoms with van der Waals surface area (Å²) in [5.74, 6) is 0.327. The number of nitrogens with two attached hydrogens (primary N) is 1. The summed E-state index contributed by atoms with van der Waals surface area (Å²) in [5, 5.41) is 0. The van der Waals surface area contributed by atoms with Crippen LogP contribution in [0.15, 0.2) is 24.3 Å². The maximum atomic E-state index is 12.1. The zero-order chi connectivity index (χ0) is 14.8. The molecule has 0 radical (unpaired) electrons. The fourth-order valence-electron chi connectivity index (χ4n) is 2.64. The molecule has 2 rings (SSSR count). The van der Waals surface area contributed by atoms with Crippen molar-refractivity contribution in [1.29, 1.82) is 0 Å². The van der Waals surface area contributed by atoms with E-state index in [1.165, 1.54) is 12.1 Å². The SMILES string of the molecule is CC1CC(CN)CN1Cc1ccc(OC(F)(F)F)cc1.Cl. The number of ether oxygens (including phenoxy) is 1. The number of nitrogens with zero attached hydrogens (tertiary/aromatic N) is 1. The second kappa shape index (κ2) is 7.33. The van der Waals surface area contributed by atoms with Crippen molar-refractivity contribution in [2.45, 2.75) is 32.3 Å². The lowest BCUT2D eigenvalue weighted by Gasteiger charge is -2.21. The quantitative estimate of drug-likeness (QED) is 0.924. The van der Waals surface area contributed by atoms with Crippen molar-refractivity contribution in [2.24, 2.45) is 11.7 Å². The molecule has 1 aliphatic rings. The Kier molecular flexibility index (Phi) is 6.31. The van der Waals surface area contributed by atoms with Crippen molar-refractivity contribution in [2.75, 3.05) is 13.1 Å². The predicted molar refractivity (Wildman–Crippen MR) is 77.4 cm³/mol. The van der Waals surface area contributed by atoms with Crippen molar-refractivity contribution in [3.8, 4) is 5.75 Å². The molecule has 0 aliphatic carbocycles. The minimum Gasteiger partial charge on any atom is -0.406 e. The molecule has 0 bridgehead atoms. The summed E-state index contributed by atoms with van der Waals surface area (Å²) >= 11 is 0. The zero-order valence-corrected chi connectivity index (χ0v) is 12.6. The van der Waals surface area contributed by atoms with Gasteiger partial charge >= 0.3 is 6.36 Å². The van der Waals surface area contributed by atoms with Gasteiger partial charge in [-0.2, -0.15) is 0 Å². The van der Waals surface area contributed by atoms with Crippen LogP contribution in [-0.4, -0.2) is 30.4 Å². The van der Waals surface area contributed by atoms with Gasteiger partial charge in [-0.1, -0.05) is 12.1 Å². The fraction of sp³-hybridized carbons (Fsp3) is 0.571. The summed E-state index contributed by atoms with van der Waals surface area (Å²) < 4.78 is 40.0. The molecule has 0 aromatic heterocycles. The molecule has 1 heterocycles. The van der Waals surface area contributed by atoms with Crippen molar-refractivity contribution in [3.63, 3.8) is 0 Å². The second-order valence-electron chi connectivity index (χ2n) is 5.31. The first kappa shape index (κ1) is 18.1. The third-order valence-electron chi connectivity index (χ3n) is 3.67. The van der Waals surface area contributed by atoms with Gasteiger partial charge in [0.2, 0.25) is 0 Å². The number of alkyl halides is 3. The number of hydrogen-bond acceptors (Lipinski definition) is 3. The van der Waals surface area contributed by atoms with E-state index in [2.05, 4.69) is 16.6 Å². The monoisotopic (exact) mass is 324 g/mol. The topological polar surface area (TPSA) is 38.5 Å². The van der Waals surface area contributed by atoms with Gasteiger partial charge in [0.25, 0.3) is 0 Å². The fourth-order valence-corrected chi connectivity index (χ4v) is 2.64. The number of halogens is 4. The van der Waals surface area contributed by atoms with Gasteiger partial charge in [0.05, 0.1) is 0 Å². The third kappa shape index (κ3) is 5.37. The molecular formula is C14H20ClF3N2O. The van der Waals surface area contributed by atoms with Crippen LogP contribution in [0.4, 0.5) is 13.2 Å². The molecule has 1 aromatic carbocycles.